The van der Waals surface area contributed by atoms with Crippen molar-refractivity contribution in [3.63, 3.8) is 0 Å². The third kappa shape index (κ3) is 3.72. The fourth-order valence-electron chi connectivity index (χ4n) is 1.77. The number of nitrogens with zero attached hydrogens (tertiary/aromatic N) is 2. The summed E-state index contributed by atoms with van der Waals surface area (Å²) in [5, 5.41) is -0.268. The van der Waals surface area contributed by atoms with Gasteiger partial charge in [-0.1, -0.05) is 40.9 Å². The van der Waals surface area contributed by atoms with E-state index < -0.39 is 27.5 Å². The second-order valence-corrected chi connectivity index (χ2v) is 7.24. The molecule has 1 N–H and O–H groups in total. The first-order valence-corrected chi connectivity index (χ1v) is 8.88. The molecule has 11 heteroatoms. The van der Waals surface area contributed by atoms with Crippen LogP contribution in [-0.4, -0.2) is 31.5 Å². The first kappa shape index (κ1) is 18.7. The van der Waals surface area contributed by atoms with Crippen molar-refractivity contribution in [3.8, 4) is 0 Å². The molecule has 2 rings (SSSR count). The fourth-order valence-corrected chi connectivity index (χ4v) is 3.53. The molecular weight excluding hydrogens is 401 g/mol. The topological polar surface area (TPSA) is 98.2 Å². The molecular formula is C13H10Cl3N3O4S. The average Bonchev–Trinajstić information content (AvgIpc) is 2.52. The van der Waals surface area contributed by atoms with Crippen LogP contribution in [0.2, 0.25) is 15.3 Å². The largest absolute Gasteiger partial charge is 0.464 e. The number of hydrogen-bond donors (Lipinski definition) is 1. The maximum atomic E-state index is 12.6. The van der Waals surface area contributed by atoms with Gasteiger partial charge in [-0.2, -0.15) is 0 Å². The first-order valence-electron chi connectivity index (χ1n) is 6.26. The highest BCUT2D eigenvalue weighted by Gasteiger charge is 2.25. The van der Waals surface area contributed by atoms with Gasteiger partial charge in [0.2, 0.25) is 0 Å². The molecule has 0 spiro atoms. The van der Waals surface area contributed by atoms with Gasteiger partial charge >= 0.3 is 5.97 Å². The third-order valence-corrected chi connectivity index (χ3v) is 5.45. The Morgan fingerprint density at radius 2 is 1.79 bits per heavy atom. The molecule has 128 valence electrons. The Morgan fingerprint density at radius 3 is 2.42 bits per heavy atom. The number of methoxy groups -OCH3 is 1. The van der Waals surface area contributed by atoms with Gasteiger partial charge in [0, 0.05) is 5.02 Å². The van der Waals surface area contributed by atoms with E-state index in [9.17, 15) is 13.2 Å². The molecule has 0 radical (unpaired) electrons. The van der Waals surface area contributed by atoms with E-state index in [0.29, 0.717) is 5.56 Å². The van der Waals surface area contributed by atoms with Crippen LogP contribution >= 0.6 is 34.8 Å². The van der Waals surface area contributed by atoms with Crippen molar-refractivity contribution in [2.24, 2.45) is 0 Å². The Morgan fingerprint density at radius 1 is 1.17 bits per heavy atom. The molecule has 0 amide bonds. The number of esters is 1. The molecule has 1 heterocycles. The van der Waals surface area contributed by atoms with Gasteiger partial charge in [0.1, 0.15) is 0 Å². The lowest BCUT2D eigenvalue weighted by atomic mass is 10.2. The van der Waals surface area contributed by atoms with E-state index in [1.165, 1.54) is 12.1 Å². The minimum absolute atomic E-state index is 0.0845. The SMILES string of the molecule is COC(=O)c1nc(Cl)c(Cl)nc1NS(=O)(=O)c1cccc(Cl)c1C. The molecule has 2 aromatic rings. The van der Waals surface area contributed by atoms with Crippen LogP contribution in [0.15, 0.2) is 23.1 Å². The Bertz CT molecular complexity index is 919. The van der Waals surface area contributed by atoms with E-state index in [2.05, 4.69) is 19.4 Å². The summed E-state index contributed by atoms with van der Waals surface area (Å²) < 4.78 is 31.8. The van der Waals surface area contributed by atoms with Crippen molar-refractivity contribution in [1.29, 1.82) is 0 Å². The highest BCUT2D eigenvalue weighted by Crippen LogP contribution is 2.27. The molecule has 1 aromatic heterocycles. The minimum atomic E-state index is -4.11. The average molecular weight is 411 g/mol. The molecule has 24 heavy (non-hydrogen) atoms. The van der Waals surface area contributed by atoms with Crippen molar-refractivity contribution in [2.75, 3.05) is 11.8 Å². The highest BCUT2D eigenvalue weighted by molar-refractivity contribution is 7.92. The van der Waals surface area contributed by atoms with Crippen LogP contribution in [-0.2, 0) is 14.8 Å². The number of halogens is 3. The lowest BCUT2D eigenvalue weighted by Crippen LogP contribution is -2.19. The summed E-state index contributed by atoms with van der Waals surface area (Å²) in [5.74, 6) is -1.34. The summed E-state index contributed by atoms with van der Waals surface area (Å²) >= 11 is 17.4. The molecule has 0 saturated heterocycles. The van der Waals surface area contributed by atoms with Crippen LogP contribution in [0.3, 0.4) is 0 Å². The van der Waals surface area contributed by atoms with Crippen molar-refractivity contribution in [3.05, 3.63) is 44.8 Å². The number of carbonyl (C=O) groups is 1. The van der Waals surface area contributed by atoms with Crippen LogP contribution < -0.4 is 4.72 Å². The number of rotatable bonds is 4. The van der Waals surface area contributed by atoms with Gasteiger partial charge in [0.25, 0.3) is 10.0 Å². The second kappa shape index (κ2) is 7.10. The maximum Gasteiger partial charge on any atom is 0.360 e. The van der Waals surface area contributed by atoms with Gasteiger partial charge in [0.15, 0.2) is 21.8 Å². The van der Waals surface area contributed by atoms with E-state index in [0.717, 1.165) is 7.11 Å². The first-order chi connectivity index (χ1) is 11.2. The molecule has 0 aliphatic rings. The molecule has 0 unspecified atom stereocenters. The van der Waals surface area contributed by atoms with Gasteiger partial charge in [-0.3, -0.25) is 4.72 Å². The molecule has 0 atom stereocenters. The molecule has 0 fully saturated rings. The number of ether oxygens (including phenoxy) is 1. The van der Waals surface area contributed by atoms with E-state index in [-0.39, 0.29) is 20.2 Å². The van der Waals surface area contributed by atoms with Gasteiger partial charge in [-0.25, -0.2) is 23.2 Å². The number of benzene rings is 1. The number of hydrogen-bond acceptors (Lipinski definition) is 6. The standard InChI is InChI=1S/C13H10Cl3N3O4S/c1-6-7(14)4-3-5-8(6)24(21,22)19-12-9(13(20)23-2)17-10(15)11(16)18-12/h3-5H,1-2H3,(H,18,19). The summed E-state index contributed by atoms with van der Waals surface area (Å²) in [6.45, 7) is 1.54. The molecule has 0 bridgehead atoms. The molecule has 0 aliphatic carbocycles. The van der Waals surface area contributed by atoms with Crippen LogP contribution in [0.25, 0.3) is 0 Å². The number of anilines is 1. The van der Waals surface area contributed by atoms with Gasteiger partial charge in [-0.15, -0.1) is 0 Å². The van der Waals surface area contributed by atoms with Crippen molar-refractivity contribution >= 4 is 56.6 Å². The molecule has 1 aromatic carbocycles. The monoisotopic (exact) mass is 409 g/mol. The zero-order chi connectivity index (χ0) is 18.1. The fraction of sp³-hybridized carbons (Fsp3) is 0.154. The van der Waals surface area contributed by atoms with Gasteiger partial charge < -0.3 is 4.74 Å². The smallest absolute Gasteiger partial charge is 0.360 e. The van der Waals surface area contributed by atoms with Crippen molar-refractivity contribution in [2.45, 2.75) is 11.8 Å². The second-order valence-electron chi connectivity index (χ2n) is 4.46. The minimum Gasteiger partial charge on any atom is -0.464 e. The summed E-state index contributed by atoms with van der Waals surface area (Å²) in [6.07, 6.45) is 0. The summed E-state index contributed by atoms with van der Waals surface area (Å²) in [4.78, 5) is 19.1. The maximum absolute atomic E-state index is 12.6. The zero-order valence-electron chi connectivity index (χ0n) is 12.3. The highest BCUT2D eigenvalue weighted by atomic mass is 35.5. The number of aromatic nitrogens is 2. The normalized spacial score (nSPS) is 11.2. The number of sulfonamides is 1. The van der Waals surface area contributed by atoms with Crippen LogP contribution in [0, 0.1) is 6.92 Å². The van der Waals surface area contributed by atoms with Crippen LogP contribution in [0.4, 0.5) is 5.82 Å². The Labute approximate surface area is 153 Å². The number of nitrogens with one attached hydrogen (secondary N) is 1. The lowest BCUT2D eigenvalue weighted by molar-refractivity contribution is 0.0595. The summed E-state index contributed by atoms with van der Waals surface area (Å²) in [7, 11) is -3.00. The van der Waals surface area contributed by atoms with Crippen LogP contribution in [0.5, 0.6) is 0 Å². The summed E-state index contributed by atoms with van der Waals surface area (Å²) in [5.41, 5.74) is -0.0885. The Kier molecular flexibility index (Phi) is 5.54. The third-order valence-electron chi connectivity index (χ3n) is 2.93. The Balaban J connectivity index is 2.56. The predicted octanol–water partition coefficient (Wildman–Crippen LogP) is 3.33. The van der Waals surface area contributed by atoms with Gasteiger partial charge in [0.05, 0.1) is 12.0 Å². The molecule has 7 nitrogen and oxygen atoms in total. The van der Waals surface area contributed by atoms with Crippen LogP contribution in [0.1, 0.15) is 16.1 Å². The number of carbonyl (C=O) groups excluding carboxylic acids is 1. The van der Waals surface area contributed by atoms with E-state index >= 15 is 0 Å². The molecule has 0 aliphatic heterocycles. The van der Waals surface area contributed by atoms with Crippen molar-refractivity contribution < 1.29 is 17.9 Å². The lowest BCUT2D eigenvalue weighted by Gasteiger charge is -2.13. The van der Waals surface area contributed by atoms with Crippen molar-refractivity contribution in [1.82, 2.24) is 9.97 Å². The zero-order valence-corrected chi connectivity index (χ0v) is 15.4. The van der Waals surface area contributed by atoms with Gasteiger partial charge in [-0.05, 0) is 24.6 Å². The van der Waals surface area contributed by atoms with E-state index in [1.54, 1.807) is 13.0 Å². The van der Waals surface area contributed by atoms with E-state index in [4.69, 9.17) is 34.8 Å². The quantitative estimate of drug-likeness (QED) is 0.776. The molecule has 0 saturated carbocycles. The summed E-state index contributed by atoms with van der Waals surface area (Å²) in [6, 6.07) is 4.38. The Hall–Kier alpha value is -1.61. The van der Waals surface area contributed by atoms with E-state index in [1.807, 2.05) is 0 Å². The predicted molar refractivity (Wildman–Crippen MR) is 90.4 cm³/mol.